The van der Waals surface area contributed by atoms with Crippen LogP contribution in [-0.4, -0.2) is 24.3 Å². The third-order valence-electron chi connectivity index (χ3n) is 3.30. The molecule has 4 nitrogen and oxygen atoms in total. The number of aliphatic imine (C=N–C) groups is 1. The molecule has 0 bridgehead atoms. The minimum absolute atomic E-state index is 0.346. The number of methoxy groups -OCH3 is 1. The molecule has 4 heteroatoms. The van der Waals surface area contributed by atoms with Gasteiger partial charge in [0.05, 0.1) is 23.9 Å². The van der Waals surface area contributed by atoms with Gasteiger partial charge in [-0.15, -0.1) is 0 Å². The van der Waals surface area contributed by atoms with E-state index in [1.165, 1.54) is 7.11 Å². The van der Waals surface area contributed by atoms with E-state index in [2.05, 4.69) is 14.7 Å². The fourth-order valence-corrected chi connectivity index (χ4v) is 2.16. The van der Waals surface area contributed by atoms with Crippen LogP contribution < -0.4 is 0 Å². The highest BCUT2D eigenvalue weighted by Crippen LogP contribution is 2.23. The van der Waals surface area contributed by atoms with Gasteiger partial charge in [-0.05, 0) is 29.8 Å². The molecular weight excluding hydrogens is 276 g/mol. The molecular formula is C18H14N2O2. The summed E-state index contributed by atoms with van der Waals surface area (Å²) in [5, 5.41) is 1.05. The number of carbonyl (C=O) groups excluding carboxylic acids is 1. The number of nitrogens with zero attached hydrogens (tertiary/aromatic N) is 2. The Hall–Kier alpha value is -3.01. The Labute approximate surface area is 128 Å². The van der Waals surface area contributed by atoms with Gasteiger partial charge in [-0.25, -0.2) is 4.79 Å². The molecule has 22 heavy (non-hydrogen) atoms. The number of pyridine rings is 1. The van der Waals surface area contributed by atoms with Crippen LogP contribution in [0.4, 0.5) is 5.69 Å². The Morgan fingerprint density at radius 2 is 1.86 bits per heavy atom. The lowest BCUT2D eigenvalue weighted by atomic mass is 10.1. The van der Waals surface area contributed by atoms with Gasteiger partial charge in [0.25, 0.3) is 0 Å². The Bertz CT molecular complexity index is 834. The number of rotatable bonds is 3. The second kappa shape index (κ2) is 6.18. The second-order valence-electron chi connectivity index (χ2n) is 4.72. The molecule has 0 amide bonds. The first-order valence-electron chi connectivity index (χ1n) is 6.84. The van der Waals surface area contributed by atoms with E-state index in [0.717, 1.165) is 22.2 Å². The topological polar surface area (TPSA) is 51.5 Å². The van der Waals surface area contributed by atoms with E-state index in [0.29, 0.717) is 5.56 Å². The fourth-order valence-electron chi connectivity index (χ4n) is 2.16. The molecule has 3 aromatic rings. The highest BCUT2D eigenvalue weighted by molar-refractivity contribution is 5.93. The molecule has 0 aliphatic rings. The van der Waals surface area contributed by atoms with Crippen LogP contribution >= 0.6 is 0 Å². The van der Waals surface area contributed by atoms with E-state index >= 15 is 0 Å². The summed E-state index contributed by atoms with van der Waals surface area (Å²) in [4.78, 5) is 20.2. The Morgan fingerprint density at radius 1 is 1.09 bits per heavy atom. The molecule has 0 saturated heterocycles. The lowest BCUT2D eigenvalue weighted by Crippen LogP contribution is -2.00. The van der Waals surface area contributed by atoms with E-state index < -0.39 is 0 Å². The van der Waals surface area contributed by atoms with Crippen molar-refractivity contribution in [2.24, 2.45) is 4.99 Å². The van der Waals surface area contributed by atoms with Crippen LogP contribution in [0.5, 0.6) is 0 Å². The summed E-state index contributed by atoms with van der Waals surface area (Å²) in [6, 6.07) is 16.9. The molecule has 0 spiro atoms. The number of hydrogen-bond donors (Lipinski definition) is 0. The molecule has 3 rings (SSSR count). The first kappa shape index (κ1) is 13.9. The summed E-state index contributed by atoms with van der Waals surface area (Å²) in [6.45, 7) is 0. The number of benzene rings is 2. The smallest absolute Gasteiger partial charge is 0.337 e. The lowest BCUT2D eigenvalue weighted by molar-refractivity contribution is 0.0601. The molecule has 2 aromatic carbocycles. The van der Waals surface area contributed by atoms with E-state index in [1.54, 1.807) is 24.5 Å². The zero-order valence-corrected chi connectivity index (χ0v) is 12.1. The second-order valence-corrected chi connectivity index (χ2v) is 4.72. The monoisotopic (exact) mass is 290 g/mol. The molecule has 108 valence electrons. The van der Waals surface area contributed by atoms with Crippen LogP contribution in [0, 0.1) is 0 Å². The van der Waals surface area contributed by atoms with Crippen LogP contribution in [0.3, 0.4) is 0 Å². The molecule has 0 atom stereocenters. The van der Waals surface area contributed by atoms with Crippen LogP contribution in [0.25, 0.3) is 10.9 Å². The van der Waals surface area contributed by atoms with Gasteiger partial charge >= 0.3 is 5.97 Å². The maximum absolute atomic E-state index is 11.4. The standard InChI is InChI=1S/C18H14N2O2/c1-22-18(21)15-9-7-13(8-10-15)12-20-16-6-2-4-14-5-3-11-19-17(14)16/h2-12H,1H3. The van der Waals surface area contributed by atoms with Crippen LogP contribution in [0.2, 0.25) is 0 Å². The molecule has 1 aromatic heterocycles. The lowest BCUT2D eigenvalue weighted by Gasteiger charge is -2.01. The van der Waals surface area contributed by atoms with Gasteiger partial charge in [-0.1, -0.05) is 30.3 Å². The largest absolute Gasteiger partial charge is 0.465 e. The Kier molecular flexibility index (Phi) is 3.92. The predicted octanol–water partition coefficient (Wildman–Crippen LogP) is 3.77. The van der Waals surface area contributed by atoms with Gasteiger partial charge in [-0.3, -0.25) is 9.98 Å². The molecule has 1 heterocycles. The van der Waals surface area contributed by atoms with Crippen molar-refractivity contribution >= 4 is 28.8 Å². The summed E-state index contributed by atoms with van der Waals surface area (Å²) in [5.74, 6) is -0.346. The molecule has 0 unspecified atom stereocenters. The molecule has 0 saturated carbocycles. The highest BCUT2D eigenvalue weighted by atomic mass is 16.5. The first-order valence-corrected chi connectivity index (χ1v) is 6.84. The minimum Gasteiger partial charge on any atom is -0.465 e. The number of aromatic nitrogens is 1. The number of hydrogen-bond acceptors (Lipinski definition) is 4. The van der Waals surface area contributed by atoms with E-state index in [-0.39, 0.29) is 5.97 Å². The molecule has 0 aliphatic carbocycles. The van der Waals surface area contributed by atoms with Crippen LogP contribution in [-0.2, 0) is 4.74 Å². The summed E-state index contributed by atoms with van der Waals surface area (Å²) >= 11 is 0. The van der Waals surface area contributed by atoms with Crippen molar-refractivity contribution in [3.63, 3.8) is 0 Å². The van der Waals surface area contributed by atoms with Gasteiger partial charge in [0.15, 0.2) is 0 Å². The molecule has 0 aliphatic heterocycles. The molecule has 0 fully saturated rings. The van der Waals surface area contributed by atoms with Crippen LogP contribution in [0.15, 0.2) is 65.8 Å². The maximum atomic E-state index is 11.4. The number of para-hydroxylation sites is 1. The zero-order chi connectivity index (χ0) is 15.4. The van der Waals surface area contributed by atoms with E-state index in [1.807, 2.05) is 42.5 Å². The average molecular weight is 290 g/mol. The van der Waals surface area contributed by atoms with Gasteiger partial charge in [0.1, 0.15) is 0 Å². The van der Waals surface area contributed by atoms with Crippen molar-refractivity contribution in [1.29, 1.82) is 0 Å². The van der Waals surface area contributed by atoms with E-state index in [4.69, 9.17) is 0 Å². The van der Waals surface area contributed by atoms with Gasteiger partial charge in [-0.2, -0.15) is 0 Å². The Morgan fingerprint density at radius 3 is 2.64 bits per heavy atom. The number of carbonyl (C=O) groups is 1. The van der Waals surface area contributed by atoms with Gasteiger partial charge in [0, 0.05) is 17.8 Å². The normalized spacial score (nSPS) is 11.0. The number of fused-ring (bicyclic) bond motifs is 1. The quantitative estimate of drug-likeness (QED) is 0.545. The summed E-state index contributed by atoms with van der Waals surface area (Å²) in [6.07, 6.45) is 3.51. The Balaban J connectivity index is 1.88. The minimum atomic E-state index is -0.346. The SMILES string of the molecule is COC(=O)c1ccc(C=Nc2cccc3cccnc23)cc1. The van der Waals surface area contributed by atoms with Crippen molar-refractivity contribution in [3.8, 4) is 0 Å². The predicted molar refractivity (Wildman–Crippen MR) is 86.8 cm³/mol. The third kappa shape index (κ3) is 2.86. The highest BCUT2D eigenvalue weighted by Gasteiger charge is 2.03. The van der Waals surface area contributed by atoms with Crippen molar-refractivity contribution in [3.05, 3.63) is 71.9 Å². The number of ether oxygens (including phenoxy) is 1. The van der Waals surface area contributed by atoms with Crippen molar-refractivity contribution < 1.29 is 9.53 Å². The maximum Gasteiger partial charge on any atom is 0.337 e. The first-order chi connectivity index (χ1) is 10.8. The third-order valence-corrected chi connectivity index (χ3v) is 3.30. The van der Waals surface area contributed by atoms with E-state index in [9.17, 15) is 4.79 Å². The number of esters is 1. The summed E-state index contributed by atoms with van der Waals surface area (Å²) in [5.41, 5.74) is 3.11. The van der Waals surface area contributed by atoms with Crippen molar-refractivity contribution in [2.75, 3.05) is 7.11 Å². The van der Waals surface area contributed by atoms with Crippen molar-refractivity contribution in [2.45, 2.75) is 0 Å². The molecule has 0 N–H and O–H groups in total. The van der Waals surface area contributed by atoms with Crippen LogP contribution in [0.1, 0.15) is 15.9 Å². The zero-order valence-electron chi connectivity index (χ0n) is 12.1. The fraction of sp³-hybridized carbons (Fsp3) is 0.0556. The van der Waals surface area contributed by atoms with Gasteiger partial charge < -0.3 is 4.74 Å². The summed E-state index contributed by atoms with van der Waals surface area (Å²) in [7, 11) is 1.37. The van der Waals surface area contributed by atoms with Crippen molar-refractivity contribution in [1.82, 2.24) is 4.98 Å². The molecule has 0 radical (unpaired) electrons. The van der Waals surface area contributed by atoms with Gasteiger partial charge in [0.2, 0.25) is 0 Å². The summed E-state index contributed by atoms with van der Waals surface area (Å²) < 4.78 is 4.67. The average Bonchev–Trinajstić information content (AvgIpc) is 2.59.